The zero-order chi connectivity index (χ0) is 13.0. The molecule has 0 saturated heterocycles. The van der Waals surface area contributed by atoms with Crippen LogP contribution < -0.4 is 5.32 Å². The first kappa shape index (κ1) is 12.5. The molecule has 4 heteroatoms. The minimum atomic E-state index is -0.177. The lowest BCUT2D eigenvalue weighted by molar-refractivity contribution is -0.116. The van der Waals surface area contributed by atoms with Crippen LogP contribution in [0.25, 0.3) is 11.3 Å². The lowest BCUT2D eigenvalue weighted by Gasteiger charge is -1.98. The van der Waals surface area contributed by atoms with E-state index in [1.54, 1.807) is 11.3 Å². The summed E-state index contributed by atoms with van der Waals surface area (Å²) in [6.07, 6.45) is 1.26. The minimum Gasteiger partial charge on any atom is -0.346 e. The van der Waals surface area contributed by atoms with Crippen LogP contribution in [0.15, 0.2) is 43.0 Å². The Morgan fingerprint density at radius 1 is 1.44 bits per heavy atom. The first-order chi connectivity index (χ1) is 8.70. The average molecular weight is 258 g/mol. The molecule has 18 heavy (non-hydrogen) atoms. The Morgan fingerprint density at radius 2 is 2.17 bits per heavy atom. The fourth-order valence-electron chi connectivity index (χ4n) is 1.63. The molecule has 1 aromatic heterocycles. The van der Waals surface area contributed by atoms with Crippen LogP contribution in [0.5, 0.6) is 0 Å². The molecule has 1 N–H and O–H groups in total. The maximum atomic E-state index is 11.1. The number of hydrogen-bond donors (Lipinski definition) is 1. The average Bonchev–Trinajstić information content (AvgIpc) is 2.78. The fourth-order valence-corrected chi connectivity index (χ4v) is 2.52. The molecule has 0 saturated carbocycles. The highest BCUT2D eigenvalue weighted by atomic mass is 32.1. The van der Waals surface area contributed by atoms with Gasteiger partial charge in [0, 0.05) is 10.4 Å². The molecular formula is C14H14N2OS. The number of aromatic nitrogens is 1. The van der Waals surface area contributed by atoms with Crippen LogP contribution in [0, 0.1) is 6.92 Å². The van der Waals surface area contributed by atoms with Gasteiger partial charge in [0.05, 0.1) is 12.2 Å². The Kier molecular flexibility index (Phi) is 3.89. The Labute approximate surface area is 110 Å². The van der Waals surface area contributed by atoms with Crippen molar-refractivity contribution in [3.8, 4) is 11.3 Å². The smallest absolute Gasteiger partial charge is 0.243 e. The van der Waals surface area contributed by atoms with E-state index in [1.807, 2.05) is 37.3 Å². The molecule has 0 bridgehead atoms. The van der Waals surface area contributed by atoms with Gasteiger partial charge in [-0.25, -0.2) is 4.98 Å². The maximum absolute atomic E-state index is 11.1. The molecule has 0 aliphatic rings. The Balaban J connectivity index is 2.17. The summed E-state index contributed by atoms with van der Waals surface area (Å²) < 4.78 is 0. The molecule has 1 aromatic carbocycles. The van der Waals surface area contributed by atoms with E-state index in [2.05, 4.69) is 16.9 Å². The summed E-state index contributed by atoms with van der Waals surface area (Å²) in [7, 11) is 0. The van der Waals surface area contributed by atoms with Crippen LogP contribution in [0.4, 0.5) is 0 Å². The summed E-state index contributed by atoms with van der Waals surface area (Å²) >= 11 is 1.60. The van der Waals surface area contributed by atoms with Gasteiger partial charge in [0.25, 0.3) is 0 Å². The minimum absolute atomic E-state index is 0.177. The molecule has 0 fully saturated rings. The van der Waals surface area contributed by atoms with Gasteiger partial charge < -0.3 is 5.32 Å². The Hall–Kier alpha value is -1.94. The predicted molar refractivity (Wildman–Crippen MR) is 74.3 cm³/mol. The number of nitrogens with one attached hydrogen (secondary N) is 1. The van der Waals surface area contributed by atoms with Gasteiger partial charge in [-0.05, 0) is 13.0 Å². The SMILES string of the molecule is C=CC(=O)NCc1nc(-c2ccccc2)c(C)s1. The maximum Gasteiger partial charge on any atom is 0.243 e. The summed E-state index contributed by atoms with van der Waals surface area (Å²) in [5.41, 5.74) is 2.09. The van der Waals surface area contributed by atoms with Crippen LogP contribution in [-0.2, 0) is 11.3 Å². The second-order valence-corrected chi connectivity index (χ2v) is 5.09. The number of benzene rings is 1. The quantitative estimate of drug-likeness (QED) is 0.857. The molecule has 0 aliphatic carbocycles. The van der Waals surface area contributed by atoms with Gasteiger partial charge in [-0.1, -0.05) is 36.9 Å². The third-order valence-electron chi connectivity index (χ3n) is 2.49. The van der Waals surface area contributed by atoms with E-state index in [-0.39, 0.29) is 5.91 Å². The highest BCUT2D eigenvalue weighted by Crippen LogP contribution is 2.27. The van der Waals surface area contributed by atoms with E-state index < -0.39 is 0 Å². The largest absolute Gasteiger partial charge is 0.346 e. The van der Waals surface area contributed by atoms with E-state index in [9.17, 15) is 4.79 Å². The molecule has 1 heterocycles. The van der Waals surface area contributed by atoms with Gasteiger partial charge in [-0.15, -0.1) is 11.3 Å². The summed E-state index contributed by atoms with van der Waals surface area (Å²) in [6, 6.07) is 10.0. The van der Waals surface area contributed by atoms with Crippen LogP contribution >= 0.6 is 11.3 Å². The van der Waals surface area contributed by atoms with Gasteiger partial charge in [0.1, 0.15) is 5.01 Å². The second kappa shape index (κ2) is 5.60. The topological polar surface area (TPSA) is 42.0 Å². The molecule has 92 valence electrons. The fraction of sp³-hybridized carbons (Fsp3) is 0.143. The van der Waals surface area contributed by atoms with E-state index in [0.29, 0.717) is 6.54 Å². The van der Waals surface area contributed by atoms with Crippen molar-refractivity contribution in [1.29, 1.82) is 0 Å². The van der Waals surface area contributed by atoms with Gasteiger partial charge >= 0.3 is 0 Å². The van der Waals surface area contributed by atoms with Crippen molar-refractivity contribution < 1.29 is 4.79 Å². The first-order valence-electron chi connectivity index (χ1n) is 5.62. The monoisotopic (exact) mass is 258 g/mol. The molecule has 1 amide bonds. The summed E-state index contributed by atoms with van der Waals surface area (Å²) in [6.45, 7) is 5.90. The highest BCUT2D eigenvalue weighted by molar-refractivity contribution is 7.12. The van der Waals surface area contributed by atoms with Crippen LogP contribution in [0.2, 0.25) is 0 Å². The number of nitrogens with zero attached hydrogens (tertiary/aromatic N) is 1. The summed E-state index contributed by atoms with van der Waals surface area (Å²) in [5, 5.41) is 3.64. The normalized spacial score (nSPS) is 10.1. The lowest BCUT2D eigenvalue weighted by atomic mass is 10.1. The zero-order valence-corrected chi connectivity index (χ0v) is 11.0. The molecule has 0 spiro atoms. The Morgan fingerprint density at radius 3 is 2.83 bits per heavy atom. The lowest BCUT2D eigenvalue weighted by Crippen LogP contribution is -2.19. The molecule has 0 unspecified atom stereocenters. The van der Waals surface area contributed by atoms with Gasteiger partial charge in [0.15, 0.2) is 0 Å². The third kappa shape index (κ3) is 2.84. The van der Waals surface area contributed by atoms with Crippen LogP contribution in [0.3, 0.4) is 0 Å². The van der Waals surface area contributed by atoms with E-state index in [1.165, 1.54) is 6.08 Å². The van der Waals surface area contributed by atoms with E-state index >= 15 is 0 Å². The van der Waals surface area contributed by atoms with E-state index in [4.69, 9.17) is 0 Å². The summed E-state index contributed by atoms with van der Waals surface area (Å²) in [4.78, 5) is 16.8. The molecular weight excluding hydrogens is 244 g/mol. The Bertz CT molecular complexity index is 560. The van der Waals surface area contributed by atoms with Crippen molar-refractivity contribution in [2.24, 2.45) is 0 Å². The number of carbonyl (C=O) groups excluding carboxylic acids is 1. The van der Waals surface area contributed by atoms with Crippen molar-refractivity contribution in [1.82, 2.24) is 10.3 Å². The number of aryl methyl sites for hydroxylation is 1. The molecule has 0 atom stereocenters. The predicted octanol–water partition coefficient (Wildman–Crippen LogP) is 2.92. The standard InChI is InChI=1S/C14H14N2OS/c1-3-12(17)15-9-13-16-14(10(2)18-13)11-7-5-4-6-8-11/h3-8H,1,9H2,2H3,(H,15,17). The molecule has 2 aromatic rings. The van der Waals surface area contributed by atoms with E-state index in [0.717, 1.165) is 21.1 Å². The van der Waals surface area contributed by atoms with Gasteiger partial charge in [-0.3, -0.25) is 4.79 Å². The molecule has 2 rings (SSSR count). The van der Waals surface area contributed by atoms with Crippen LogP contribution in [0.1, 0.15) is 9.88 Å². The second-order valence-electron chi connectivity index (χ2n) is 3.80. The summed E-state index contributed by atoms with van der Waals surface area (Å²) in [5.74, 6) is -0.177. The highest BCUT2D eigenvalue weighted by Gasteiger charge is 2.09. The van der Waals surface area contributed by atoms with Gasteiger partial charge in [0.2, 0.25) is 5.91 Å². The molecule has 3 nitrogen and oxygen atoms in total. The van der Waals surface area contributed by atoms with Crippen molar-refractivity contribution in [3.63, 3.8) is 0 Å². The number of carbonyl (C=O) groups is 1. The van der Waals surface area contributed by atoms with Gasteiger partial charge in [-0.2, -0.15) is 0 Å². The van der Waals surface area contributed by atoms with Crippen LogP contribution in [-0.4, -0.2) is 10.9 Å². The number of hydrogen-bond acceptors (Lipinski definition) is 3. The molecule has 0 radical (unpaired) electrons. The number of rotatable bonds is 4. The molecule has 0 aliphatic heterocycles. The first-order valence-corrected chi connectivity index (χ1v) is 6.44. The van der Waals surface area contributed by atoms with Crippen molar-refractivity contribution >= 4 is 17.2 Å². The zero-order valence-electron chi connectivity index (χ0n) is 10.1. The number of thiazole rings is 1. The third-order valence-corrected chi connectivity index (χ3v) is 3.46. The van der Waals surface area contributed by atoms with Crippen molar-refractivity contribution in [2.75, 3.05) is 0 Å². The van der Waals surface area contributed by atoms with Crippen molar-refractivity contribution in [2.45, 2.75) is 13.5 Å². The van der Waals surface area contributed by atoms with Crippen molar-refractivity contribution in [3.05, 3.63) is 52.9 Å². The number of amides is 1.